The van der Waals surface area contributed by atoms with Crippen molar-refractivity contribution in [3.8, 4) is 0 Å². The van der Waals surface area contributed by atoms with E-state index in [4.69, 9.17) is 17.4 Å². The summed E-state index contributed by atoms with van der Waals surface area (Å²) in [6.45, 7) is 2.30. The third kappa shape index (κ3) is 3.81. The second-order valence-electron chi connectivity index (χ2n) is 4.52. The van der Waals surface area contributed by atoms with Gasteiger partial charge in [0.1, 0.15) is 0 Å². The van der Waals surface area contributed by atoms with Crippen LogP contribution < -0.4 is 11.3 Å². The molecule has 18 heavy (non-hydrogen) atoms. The minimum absolute atomic E-state index is 0.302. The Bertz CT molecular complexity index is 389. The normalized spacial score (nSPS) is 25.9. The highest BCUT2D eigenvalue weighted by Crippen LogP contribution is 2.33. The fourth-order valence-corrected chi connectivity index (χ4v) is 5.44. The number of nitrogens with one attached hydrogen (secondary N) is 1. The lowest BCUT2D eigenvalue weighted by Crippen LogP contribution is -2.48. The molecule has 1 fully saturated rings. The maximum atomic E-state index is 6.02. The standard InChI is InChI=1S/C13H19ClN2S2/c1-9-13(18-6-5-17-9)12(16-15)8-10-3-2-4-11(14)7-10/h2-4,7,9,12-13,16H,5-6,8,15H2,1H3. The fraction of sp³-hybridized carbons (Fsp3) is 0.538. The van der Waals surface area contributed by atoms with E-state index in [2.05, 4.69) is 18.4 Å². The first-order valence-corrected chi connectivity index (χ1v) is 8.62. The highest BCUT2D eigenvalue weighted by atomic mass is 35.5. The van der Waals surface area contributed by atoms with Crippen LogP contribution in [0.1, 0.15) is 12.5 Å². The summed E-state index contributed by atoms with van der Waals surface area (Å²) in [6.07, 6.45) is 0.930. The number of hydrazine groups is 1. The molecule has 0 amide bonds. The average molecular weight is 303 g/mol. The molecule has 0 aliphatic carbocycles. The van der Waals surface area contributed by atoms with Crippen LogP contribution in [0.15, 0.2) is 24.3 Å². The molecule has 1 saturated heterocycles. The van der Waals surface area contributed by atoms with Crippen molar-refractivity contribution in [2.45, 2.75) is 29.9 Å². The molecule has 3 unspecified atom stereocenters. The molecule has 0 spiro atoms. The van der Waals surface area contributed by atoms with Gasteiger partial charge in [-0.25, -0.2) is 0 Å². The topological polar surface area (TPSA) is 38.0 Å². The van der Waals surface area contributed by atoms with E-state index in [9.17, 15) is 0 Å². The number of nitrogens with two attached hydrogens (primary N) is 1. The molecule has 3 atom stereocenters. The van der Waals surface area contributed by atoms with Gasteiger partial charge in [-0.3, -0.25) is 11.3 Å². The molecule has 0 radical (unpaired) electrons. The lowest BCUT2D eigenvalue weighted by atomic mass is 10.0. The zero-order valence-electron chi connectivity index (χ0n) is 10.4. The molecule has 5 heteroatoms. The molecule has 1 aliphatic heterocycles. The van der Waals surface area contributed by atoms with Crippen molar-refractivity contribution in [3.05, 3.63) is 34.9 Å². The molecule has 100 valence electrons. The summed E-state index contributed by atoms with van der Waals surface area (Å²) >= 11 is 10.1. The molecular weight excluding hydrogens is 284 g/mol. The molecule has 0 aromatic heterocycles. The lowest BCUT2D eigenvalue weighted by molar-refractivity contribution is 0.501. The number of rotatable bonds is 4. The van der Waals surface area contributed by atoms with Crippen molar-refractivity contribution in [1.29, 1.82) is 0 Å². The molecule has 1 heterocycles. The summed E-state index contributed by atoms with van der Waals surface area (Å²) in [6, 6.07) is 8.34. The Balaban J connectivity index is 2.04. The Morgan fingerprint density at radius 3 is 2.89 bits per heavy atom. The van der Waals surface area contributed by atoms with Crippen molar-refractivity contribution in [1.82, 2.24) is 5.43 Å². The largest absolute Gasteiger partial charge is 0.271 e. The fourth-order valence-electron chi connectivity index (χ4n) is 2.28. The third-order valence-corrected chi connectivity index (χ3v) is 6.68. The second kappa shape index (κ2) is 7.06. The summed E-state index contributed by atoms with van der Waals surface area (Å²) in [5, 5.41) is 2.00. The van der Waals surface area contributed by atoms with E-state index >= 15 is 0 Å². The number of benzene rings is 1. The van der Waals surface area contributed by atoms with Crippen molar-refractivity contribution < 1.29 is 0 Å². The third-order valence-electron chi connectivity index (χ3n) is 3.19. The molecule has 0 saturated carbocycles. The maximum Gasteiger partial charge on any atom is 0.0408 e. The Hall–Kier alpha value is 0.130. The molecule has 0 bridgehead atoms. The molecule has 3 N–H and O–H groups in total. The number of hydrogen-bond acceptors (Lipinski definition) is 4. The van der Waals surface area contributed by atoms with Crippen LogP contribution in [-0.2, 0) is 6.42 Å². The Kier molecular flexibility index (Phi) is 5.70. The number of hydrogen-bond donors (Lipinski definition) is 2. The minimum Gasteiger partial charge on any atom is -0.271 e. The van der Waals surface area contributed by atoms with E-state index in [0.717, 1.165) is 11.4 Å². The van der Waals surface area contributed by atoms with Gasteiger partial charge in [0.25, 0.3) is 0 Å². The van der Waals surface area contributed by atoms with Crippen molar-refractivity contribution in [2.24, 2.45) is 5.84 Å². The van der Waals surface area contributed by atoms with Crippen LogP contribution in [0.25, 0.3) is 0 Å². The summed E-state index contributed by atoms with van der Waals surface area (Å²) < 4.78 is 0. The van der Waals surface area contributed by atoms with E-state index in [1.54, 1.807) is 0 Å². The molecule has 2 nitrogen and oxygen atoms in total. The Morgan fingerprint density at radius 2 is 2.22 bits per heavy atom. The highest BCUT2D eigenvalue weighted by molar-refractivity contribution is 8.07. The second-order valence-corrected chi connectivity index (χ2v) is 7.73. The van der Waals surface area contributed by atoms with Crippen LogP contribution in [0.5, 0.6) is 0 Å². The van der Waals surface area contributed by atoms with E-state index in [1.165, 1.54) is 17.1 Å². The van der Waals surface area contributed by atoms with E-state index < -0.39 is 0 Å². The Labute approximate surface area is 122 Å². The summed E-state index contributed by atoms with van der Waals surface area (Å²) in [4.78, 5) is 0. The molecule has 2 rings (SSSR count). The first-order valence-electron chi connectivity index (χ1n) is 6.14. The van der Waals surface area contributed by atoms with Gasteiger partial charge in [0, 0.05) is 33.1 Å². The van der Waals surface area contributed by atoms with Gasteiger partial charge in [0.15, 0.2) is 0 Å². The van der Waals surface area contributed by atoms with E-state index in [1.807, 2.05) is 41.7 Å². The molecule has 1 aliphatic rings. The van der Waals surface area contributed by atoms with Gasteiger partial charge in [0.05, 0.1) is 0 Å². The smallest absolute Gasteiger partial charge is 0.0408 e. The van der Waals surface area contributed by atoms with Gasteiger partial charge in [-0.2, -0.15) is 23.5 Å². The van der Waals surface area contributed by atoms with Crippen LogP contribution in [0.3, 0.4) is 0 Å². The van der Waals surface area contributed by atoms with Gasteiger partial charge in [0.2, 0.25) is 0 Å². The van der Waals surface area contributed by atoms with Crippen LogP contribution in [0, 0.1) is 0 Å². The van der Waals surface area contributed by atoms with Gasteiger partial charge < -0.3 is 0 Å². The van der Waals surface area contributed by atoms with Crippen molar-refractivity contribution >= 4 is 35.1 Å². The van der Waals surface area contributed by atoms with Gasteiger partial charge in [-0.05, 0) is 24.1 Å². The summed E-state index contributed by atoms with van der Waals surface area (Å²) in [5.41, 5.74) is 4.24. The van der Waals surface area contributed by atoms with Gasteiger partial charge in [-0.15, -0.1) is 0 Å². The van der Waals surface area contributed by atoms with Crippen LogP contribution >= 0.6 is 35.1 Å². The quantitative estimate of drug-likeness (QED) is 0.662. The zero-order valence-corrected chi connectivity index (χ0v) is 12.8. The van der Waals surface area contributed by atoms with Gasteiger partial charge >= 0.3 is 0 Å². The van der Waals surface area contributed by atoms with Gasteiger partial charge in [-0.1, -0.05) is 30.7 Å². The number of halogens is 1. The molecule has 1 aromatic carbocycles. The highest BCUT2D eigenvalue weighted by Gasteiger charge is 2.29. The van der Waals surface area contributed by atoms with Crippen molar-refractivity contribution in [2.75, 3.05) is 11.5 Å². The molecular formula is C13H19ClN2S2. The Morgan fingerprint density at radius 1 is 1.44 bits per heavy atom. The van der Waals surface area contributed by atoms with E-state index in [-0.39, 0.29) is 0 Å². The van der Waals surface area contributed by atoms with Crippen molar-refractivity contribution in [3.63, 3.8) is 0 Å². The minimum atomic E-state index is 0.302. The predicted molar refractivity (Wildman–Crippen MR) is 84.4 cm³/mol. The van der Waals surface area contributed by atoms with E-state index in [0.29, 0.717) is 16.5 Å². The average Bonchev–Trinajstić information content (AvgIpc) is 2.37. The SMILES string of the molecule is CC1SCCSC1C(Cc1cccc(Cl)c1)NN. The number of thioether (sulfide) groups is 2. The zero-order chi connectivity index (χ0) is 13.0. The first-order chi connectivity index (χ1) is 8.70. The van der Waals surface area contributed by atoms with Crippen LogP contribution in [0.2, 0.25) is 5.02 Å². The van der Waals surface area contributed by atoms with Crippen LogP contribution in [-0.4, -0.2) is 28.0 Å². The lowest BCUT2D eigenvalue weighted by Gasteiger charge is -2.34. The molecule has 1 aromatic rings. The predicted octanol–water partition coefficient (Wildman–Crippen LogP) is 2.95. The van der Waals surface area contributed by atoms with Crippen LogP contribution in [0.4, 0.5) is 0 Å². The summed E-state index contributed by atoms with van der Waals surface area (Å²) in [5.74, 6) is 8.21. The maximum absolute atomic E-state index is 6.02. The summed E-state index contributed by atoms with van der Waals surface area (Å²) in [7, 11) is 0. The monoisotopic (exact) mass is 302 g/mol. The first kappa shape index (κ1) is 14.5.